The summed E-state index contributed by atoms with van der Waals surface area (Å²) in [6, 6.07) is 16.7. The van der Waals surface area contributed by atoms with Gasteiger partial charge in [0, 0.05) is 24.2 Å². The Morgan fingerprint density at radius 3 is 2.55 bits per heavy atom. The molecule has 2 aliphatic carbocycles. The number of hydrogen-bond donors (Lipinski definition) is 2. The molecule has 198 valence electrons. The average molecular weight is 513 g/mol. The van der Waals surface area contributed by atoms with E-state index in [9.17, 15) is 4.79 Å². The number of anilines is 1. The minimum absolute atomic E-state index is 0.155. The first kappa shape index (κ1) is 24.7. The standard InChI is InChI=1S/C31H36N4O3/c1-21-9-12-24(13-10-21)34-30-33-19-25(29(36)32-18-22-11-14-26-27(17-22)38-20-37-26)28(35-30)31(15-5-6-16-31)23-7-3-2-4-8-23/h2-4,7-8,11,14,17,19,21,24H,5-6,9-10,12-13,15-16,18,20H2,1H3,(H,32,36)(H,33,34,35). The summed E-state index contributed by atoms with van der Waals surface area (Å²) in [7, 11) is 0. The number of nitrogens with zero attached hydrogens (tertiary/aromatic N) is 2. The number of benzene rings is 2. The molecule has 3 aromatic rings. The van der Waals surface area contributed by atoms with Crippen LogP contribution >= 0.6 is 0 Å². The molecule has 0 spiro atoms. The van der Waals surface area contributed by atoms with Crippen molar-refractivity contribution in [1.82, 2.24) is 15.3 Å². The van der Waals surface area contributed by atoms with Crippen LogP contribution in [0.1, 0.15) is 85.5 Å². The molecule has 2 N–H and O–H groups in total. The van der Waals surface area contributed by atoms with Crippen molar-refractivity contribution in [3.8, 4) is 11.5 Å². The maximum Gasteiger partial charge on any atom is 0.255 e. The molecule has 0 saturated heterocycles. The fourth-order valence-corrected chi connectivity index (χ4v) is 6.30. The van der Waals surface area contributed by atoms with E-state index in [1.54, 1.807) is 6.20 Å². The fourth-order valence-electron chi connectivity index (χ4n) is 6.30. The van der Waals surface area contributed by atoms with Crippen molar-refractivity contribution in [2.24, 2.45) is 5.92 Å². The fraction of sp³-hybridized carbons (Fsp3) is 0.452. The van der Waals surface area contributed by atoms with E-state index in [2.05, 4.69) is 46.8 Å². The SMILES string of the molecule is CC1CCC(Nc2ncc(C(=O)NCc3ccc4c(c3)OCO4)c(C3(c4ccccc4)CCCC3)n2)CC1. The van der Waals surface area contributed by atoms with Crippen LogP contribution in [0, 0.1) is 5.92 Å². The molecule has 0 bridgehead atoms. The van der Waals surface area contributed by atoms with Gasteiger partial charge in [-0.15, -0.1) is 0 Å². The Kier molecular flexibility index (Phi) is 6.92. The number of carbonyl (C=O) groups is 1. The van der Waals surface area contributed by atoms with Crippen LogP contribution in [0.15, 0.2) is 54.7 Å². The maximum atomic E-state index is 13.7. The molecule has 38 heavy (non-hydrogen) atoms. The smallest absolute Gasteiger partial charge is 0.255 e. The van der Waals surface area contributed by atoms with E-state index in [-0.39, 0.29) is 18.1 Å². The van der Waals surface area contributed by atoms with Gasteiger partial charge in [0.05, 0.1) is 11.3 Å². The maximum absolute atomic E-state index is 13.7. The van der Waals surface area contributed by atoms with Crippen LogP contribution in [0.3, 0.4) is 0 Å². The minimum atomic E-state index is -0.298. The molecule has 2 aromatic carbocycles. The topological polar surface area (TPSA) is 85.4 Å². The molecule has 2 heterocycles. The Balaban J connectivity index is 1.31. The minimum Gasteiger partial charge on any atom is -0.454 e. The highest BCUT2D eigenvalue weighted by molar-refractivity contribution is 5.95. The molecule has 1 aromatic heterocycles. The van der Waals surface area contributed by atoms with Crippen molar-refractivity contribution in [3.05, 3.63) is 77.1 Å². The van der Waals surface area contributed by atoms with Crippen LogP contribution in [0.5, 0.6) is 11.5 Å². The lowest BCUT2D eigenvalue weighted by molar-refractivity contribution is 0.0947. The Bertz CT molecular complexity index is 1280. The molecular formula is C31H36N4O3. The predicted octanol–water partition coefficient (Wildman–Crippen LogP) is 5.99. The van der Waals surface area contributed by atoms with E-state index in [0.717, 1.165) is 61.4 Å². The Labute approximate surface area is 224 Å². The zero-order valence-electron chi connectivity index (χ0n) is 22.0. The van der Waals surface area contributed by atoms with Gasteiger partial charge < -0.3 is 20.1 Å². The third kappa shape index (κ3) is 4.94. The molecular weight excluding hydrogens is 476 g/mol. The molecule has 1 aliphatic heterocycles. The van der Waals surface area contributed by atoms with Gasteiger partial charge in [-0.05, 0) is 67.7 Å². The van der Waals surface area contributed by atoms with E-state index < -0.39 is 0 Å². The van der Waals surface area contributed by atoms with Crippen molar-refractivity contribution in [1.29, 1.82) is 0 Å². The summed E-state index contributed by atoms with van der Waals surface area (Å²) in [4.78, 5) is 23.4. The van der Waals surface area contributed by atoms with Gasteiger partial charge in [-0.1, -0.05) is 56.2 Å². The Morgan fingerprint density at radius 2 is 1.76 bits per heavy atom. The van der Waals surface area contributed by atoms with Crippen molar-refractivity contribution < 1.29 is 14.3 Å². The number of fused-ring (bicyclic) bond motifs is 1. The molecule has 2 fully saturated rings. The normalized spacial score (nSPS) is 21.7. The summed E-state index contributed by atoms with van der Waals surface area (Å²) in [6.07, 6.45) is 10.6. The number of rotatable bonds is 7. The van der Waals surface area contributed by atoms with Gasteiger partial charge in [-0.3, -0.25) is 4.79 Å². The lowest BCUT2D eigenvalue weighted by Crippen LogP contribution is -2.33. The summed E-state index contributed by atoms with van der Waals surface area (Å²) in [6.45, 7) is 2.94. The highest BCUT2D eigenvalue weighted by atomic mass is 16.7. The molecule has 7 heteroatoms. The van der Waals surface area contributed by atoms with Crippen LogP contribution in [-0.2, 0) is 12.0 Å². The van der Waals surface area contributed by atoms with E-state index in [4.69, 9.17) is 14.5 Å². The van der Waals surface area contributed by atoms with Crippen LogP contribution in [0.2, 0.25) is 0 Å². The average Bonchev–Trinajstić information content (AvgIpc) is 3.64. The second kappa shape index (κ2) is 10.6. The zero-order chi connectivity index (χ0) is 26.0. The first-order valence-electron chi connectivity index (χ1n) is 14.0. The molecule has 3 aliphatic rings. The summed E-state index contributed by atoms with van der Waals surface area (Å²) >= 11 is 0. The Morgan fingerprint density at radius 1 is 1.00 bits per heavy atom. The van der Waals surface area contributed by atoms with Gasteiger partial charge in [0.1, 0.15) is 0 Å². The molecule has 1 amide bonds. The summed E-state index contributed by atoms with van der Waals surface area (Å²) < 4.78 is 10.9. The van der Waals surface area contributed by atoms with Crippen molar-refractivity contribution in [3.63, 3.8) is 0 Å². The van der Waals surface area contributed by atoms with Crippen molar-refractivity contribution in [2.45, 2.75) is 76.3 Å². The second-order valence-corrected chi connectivity index (χ2v) is 11.1. The highest BCUT2D eigenvalue weighted by Crippen LogP contribution is 2.47. The lowest BCUT2D eigenvalue weighted by atomic mass is 9.74. The van der Waals surface area contributed by atoms with Gasteiger partial charge in [0.2, 0.25) is 12.7 Å². The van der Waals surface area contributed by atoms with Crippen LogP contribution in [-0.4, -0.2) is 28.7 Å². The Hall–Kier alpha value is -3.61. The van der Waals surface area contributed by atoms with E-state index in [0.29, 0.717) is 29.8 Å². The summed E-state index contributed by atoms with van der Waals surface area (Å²) in [5, 5.41) is 6.71. The predicted molar refractivity (Wildman–Crippen MR) is 146 cm³/mol. The van der Waals surface area contributed by atoms with Gasteiger partial charge in [0.25, 0.3) is 5.91 Å². The van der Waals surface area contributed by atoms with Crippen LogP contribution in [0.25, 0.3) is 0 Å². The third-order valence-corrected chi connectivity index (χ3v) is 8.51. The highest BCUT2D eigenvalue weighted by Gasteiger charge is 2.42. The molecule has 7 nitrogen and oxygen atoms in total. The third-order valence-electron chi connectivity index (χ3n) is 8.51. The zero-order valence-corrected chi connectivity index (χ0v) is 22.0. The van der Waals surface area contributed by atoms with E-state index >= 15 is 0 Å². The number of ether oxygens (including phenoxy) is 2. The largest absolute Gasteiger partial charge is 0.454 e. The van der Waals surface area contributed by atoms with Gasteiger partial charge in [0.15, 0.2) is 11.5 Å². The number of amides is 1. The second-order valence-electron chi connectivity index (χ2n) is 11.1. The molecule has 6 rings (SSSR count). The molecule has 0 unspecified atom stereocenters. The van der Waals surface area contributed by atoms with E-state index in [1.807, 2.05) is 24.3 Å². The van der Waals surface area contributed by atoms with Crippen molar-refractivity contribution in [2.75, 3.05) is 12.1 Å². The van der Waals surface area contributed by atoms with E-state index in [1.165, 1.54) is 18.4 Å². The van der Waals surface area contributed by atoms with Gasteiger partial charge in [-0.25, -0.2) is 9.97 Å². The number of carbonyl (C=O) groups excluding carboxylic acids is 1. The number of hydrogen-bond acceptors (Lipinski definition) is 6. The van der Waals surface area contributed by atoms with Crippen molar-refractivity contribution >= 4 is 11.9 Å². The monoisotopic (exact) mass is 512 g/mol. The quantitative estimate of drug-likeness (QED) is 0.405. The summed E-state index contributed by atoms with van der Waals surface area (Å²) in [5.41, 5.74) is 3.27. The van der Waals surface area contributed by atoms with Crippen LogP contribution < -0.4 is 20.1 Å². The summed E-state index contributed by atoms with van der Waals surface area (Å²) in [5.74, 6) is 2.70. The molecule has 2 saturated carbocycles. The first-order valence-corrected chi connectivity index (χ1v) is 14.0. The first-order chi connectivity index (χ1) is 18.6. The molecule has 0 radical (unpaired) electrons. The van der Waals surface area contributed by atoms with Crippen LogP contribution in [0.4, 0.5) is 5.95 Å². The number of aromatic nitrogens is 2. The van der Waals surface area contributed by atoms with Gasteiger partial charge >= 0.3 is 0 Å². The molecule has 0 atom stereocenters. The number of nitrogens with one attached hydrogen (secondary N) is 2. The lowest BCUT2D eigenvalue weighted by Gasteiger charge is -2.32. The van der Waals surface area contributed by atoms with Gasteiger partial charge in [-0.2, -0.15) is 0 Å².